The molecule has 0 saturated heterocycles. The second kappa shape index (κ2) is 6.29. The molecule has 0 atom stereocenters. The van der Waals surface area contributed by atoms with E-state index in [1.807, 2.05) is 6.92 Å². The van der Waals surface area contributed by atoms with Crippen LogP contribution in [0.15, 0.2) is 18.2 Å². The first kappa shape index (κ1) is 14.7. The highest BCUT2D eigenvalue weighted by Gasteiger charge is 2.23. The molecule has 0 fully saturated rings. The van der Waals surface area contributed by atoms with Crippen LogP contribution in [0.3, 0.4) is 0 Å². The number of anilines is 1. The minimum Gasteiger partial charge on any atom is -0.454 e. The van der Waals surface area contributed by atoms with Crippen LogP contribution in [-0.4, -0.2) is 43.2 Å². The second-order valence-electron chi connectivity index (χ2n) is 4.62. The van der Waals surface area contributed by atoms with Crippen molar-refractivity contribution in [3.63, 3.8) is 0 Å². The van der Waals surface area contributed by atoms with Crippen molar-refractivity contribution in [2.45, 2.75) is 6.92 Å². The van der Waals surface area contributed by atoms with Crippen LogP contribution in [0.2, 0.25) is 0 Å². The van der Waals surface area contributed by atoms with Crippen LogP contribution in [0.4, 0.5) is 5.13 Å². The number of carbonyl (C=O) groups excluding carboxylic acids is 1. The van der Waals surface area contributed by atoms with Gasteiger partial charge in [0.25, 0.3) is 5.91 Å². The van der Waals surface area contributed by atoms with Gasteiger partial charge < -0.3 is 14.2 Å². The first-order valence-corrected chi connectivity index (χ1v) is 7.51. The molecule has 3 rings (SSSR count). The molecule has 1 aromatic heterocycles. The average Bonchev–Trinajstić information content (AvgIpc) is 3.15. The van der Waals surface area contributed by atoms with Gasteiger partial charge in [-0.05, 0) is 25.1 Å². The van der Waals surface area contributed by atoms with E-state index in [1.165, 1.54) is 11.3 Å². The molecule has 7 nitrogen and oxygen atoms in total. The number of rotatable bonds is 5. The molecule has 0 radical (unpaired) electrons. The standard InChI is InChI=1S/C14H15N3O4S/c1-9-15-16-14(22-9)17(5-6-19-2)13(18)10-3-4-11-12(7-10)21-8-20-11/h3-4,7H,5-6,8H2,1-2H3. The summed E-state index contributed by atoms with van der Waals surface area (Å²) in [6.07, 6.45) is 0. The molecule has 0 N–H and O–H groups in total. The molecule has 1 aliphatic rings. The average molecular weight is 321 g/mol. The smallest absolute Gasteiger partial charge is 0.260 e. The summed E-state index contributed by atoms with van der Waals surface area (Å²) in [5, 5.41) is 9.37. The Kier molecular flexibility index (Phi) is 4.21. The fraction of sp³-hybridized carbons (Fsp3) is 0.357. The van der Waals surface area contributed by atoms with E-state index in [4.69, 9.17) is 14.2 Å². The number of fused-ring (bicyclic) bond motifs is 1. The second-order valence-corrected chi connectivity index (χ2v) is 5.78. The lowest BCUT2D eigenvalue weighted by Crippen LogP contribution is -2.33. The molecular weight excluding hydrogens is 306 g/mol. The van der Waals surface area contributed by atoms with Crippen molar-refractivity contribution in [3.8, 4) is 11.5 Å². The van der Waals surface area contributed by atoms with Crippen LogP contribution in [0.1, 0.15) is 15.4 Å². The van der Waals surface area contributed by atoms with Gasteiger partial charge in [0, 0.05) is 12.7 Å². The van der Waals surface area contributed by atoms with Gasteiger partial charge in [-0.1, -0.05) is 11.3 Å². The highest BCUT2D eigenvalue weighted by Crippen LogP contribution is 2.33. The lowest BCUT2D eigenvalue weighted by atomic mass is 10.2. The summed E-state index contributed by atoms with van der Waals surface area (Å²) < 4.78 is 15.7. The van der Waals surface area contributed by atoms with Gasteiger partial charge in [0.15, 0.2) is 11.5 Å². The van der Waals surface area contributed by atoms with Crippen LogP contribution < -0.4 is 14.4 Å². The van der Waals surface area contributed by atoms with E-state index in [2.05, 4.69) is 10.2 Å². The Hall–Kier alpha value is -2.19. The maximum Gasteiger partial charge on any atom is 0.260 e. The number of hydrogen-bond acceptors (Lipinski definition) is 7. The van der Waals surface area contributed by atoms with Gasteiger partial charge in [-0.15, -0.1) is 10.2 Å². The number of aryl methyl sites for hydroxylation is 1. The molecule has 116 valence electrons. The zero-order valence-electron chi connectivity index (χ0n) is 12.2. The quantitative estimate of drug-likeness (QED) is 0.837. The van der Waals surface area contributed by atoms with Crippen molar-refractivity contribution in [3.05, 3.63) is 28.8 Å². The number of ether oxygens (including phenoxy) is 3. The maximum absolute atomic E-state index is 12.8. The molecule has 2 aromatic rings. The van der Waals surface area contributed by atoms with E-state index in [9.17, 15) is 4.79 Å². The summed E-state index contributed by atoms with van der Waals surface area (Å²) >= 11 is 1.37. The zero-order valence-corrected chi connectivity index (χ0v) is 13.1. The third kappa shape index (κ3) is 2.88. The van der Waals surface area contributed by atoms with Gasteiger partial charge in [0.1, 0.15) is 5.01 Å². The van der Waals surface area contributed by atoms with Crippen molar-refractivity contribution in [1.82, 2.24) is 10.2 Å². The first-order chi connectivity index (χ1) is 10.7. The Labute approximate surface area is 131 Å². The third-order valence-corrected chi connectivity index (χ3v) is 3.99. The Balaban J connectivity index is 1.88. The van der Waals surface area contributed by atoms with Crippen LogP contribution >= 0.6 is 11.3 Å². The van der Waals surface area contributed by atoms with E-state index >= 15 is 0 Å². The molecule has 1 aliphatic heterocycles. The Bertz CT molecular complexity index is 688. The van der Waals surface area contributed by atoms with Crippen molar-refractivity contribution in [1.29, 1.82) is 0 Å². The first-order valence-electron chi connectivity index (χ1n) is 6.69. The number of methoxy groups -OCH3 is 1. The van der Waals surface area contributed by atoms with Crippen LogP contribution in [0, 0.1) is 6.92 Å². The maximum atomic E-state index is 12.8. The molecule has 0 bridgehead atoms. The number of amides is 1. The fourth-order valence-corrected chi connectivity index (χ4v) is 2.76. The van der Waals surface area contributed by atoms with E-state index < -0.39 is 0 Å². The van der Waals surface area contributed by atoms with Gasteiger partial charge in [-0.3, -0.25) is 9.69 Å². The molecule has 0 spiro atoms. The summed E-state index contributed by atoms with van der Waals surface area (Å²) in [5.41, 5.74) is 0.508. The molecule has 0 unspecified atom stereocenters. The van der Waals surface area contributed by atoms with Crippen LogP contribution in [-0.2, 0) is 4.74 Å². The normalized spacial score (nSPS) is 12.5. The molecule has 1 aromatic carbocycles. The highest BCUT2D eigenvalue weighted by molar-refractivity contribution is 7.15. The third-order valence-electron chi connectivity index (χ3n) is 3.13. The molecule has 0 saturated carbocycles. The van der Waals surface area contributed by atoms with E-state index in [1.54, 1.807) is 30.2 Å². The van der Waals surface area contributed by atoms with Crippen molar-refractivity contribution < 1.29 is 19.0 Å². The minimum absolute atomic E-state index is 0.175. The van der Waals surface area contributed by atoms with Gasteiger partial charge in [0.2, 0.25) is 11.9 Å². The minimum atomic E-state index is -0.175. The molecule has 1 amide bonds. The largest absolute Gasteiger partial charge is 0.454 e. The van der Waals surface area contributed by atoms with Crippen molar-refractivity contribution >= 4 is 22.4 Å². The van der Waals surface area contributed by atoms with E-state index in [0.717, 1.165) is 5.01 Å². The number of carbonyl (C=O) groups is 1. The van der Waals surface area contributed by atoms with E-state index in [-0.39, 0.29) is 12.7 Å². The monoisotopic (exact) mass is 321 g/mol. The summed E-state index contributed by atoms with van der Waals surface area (Å²) in [5.74, 6) is 1.05. The number of benzene rings is 1. The molecular formula is C14H15N3O4S. The van der Waals surface area contributed by atoms with Crippen molar-refractivity contribution in [2.75, 3.05) is 32.0 Å². The lowest BCUT2D eigenvalue weighted by Gasteiger charge is -2.19. The molecule has 8 heteroatoms. The lowest BCUT2D eigenvalue weighted by molar-refractivity contribution is 0.0975. The van der Waals surface area contributed by atoms with Gasteiger partial charge in [0.05, 0.1) is 13.2 Å². The summed E-state index contributed by atoms with van der Waals surface area (Å²) in [6, 6.07) is 5.12. The predicted octanol–water partition coefficient (Wildman–Crippen LogP) is 1.87. The summed E-state index contributed by atoms with van der Waals surface area (Å²) in [7, 11) is 1.59. The number of hydrogen-bond donors (Lipinski definition) is 0. The van der Waals surface area contributed by atoms with Crippen molar-refractivity contribution in [2.24, 2.45) is 0 Å². The Morgan fingerprint density at radius 2 is 2.18 bits per heavy atom. The SMILES string of the molecule is COCCN(C(=O)c1ccc2c(c1)OCO2)c1nnc(C)s1. The zero-order chi connectivity index (χ0) is 15.5. The Morgan fingerprint density at radius 1 is 1.36 bits per heavy atom. The van der Waals surface area contributed by atoms with Crippen LogP contribution in [0.5, 0.6) is 11.5 Å². The number of nitrogens with zero attached hydrogens (tertiary/aromatic N) is 3. The Morgan fingerprint density at radius 3 is 2.91 bits per heavy atom. The highest BCUT2D eigenvalue weighted by atomic mass is 32.1. The van der Waals surface area contributed by atoms with Gasteiger partial charge >= 0.3 is 0 Å². The summed E-state index contributed by atoms with van der Waals surface area (Å²) in [6.45, 7) is 2.84. The van der Waals surface area contributed by atoms with Gasteiger partial charge in [-0.25, -0.2) is 0 Å². The topological polar surface area (TPSA) is 73.8 Å². The number of aromatic nitrogens is 2. The van der Waals surface area contributed by atoms with Crippen LogP contribution in [0.25, 0.3) is 0 Å². The van der Waals surface area contributed by atoms with E-state index in [0.29, 0.717) is 35.3 Å². The molecule has 2 heterocycles. The molecule has 22 heavy (non-hydrogen) atoms. The predicted molar refractivity (Wildman–Crippen MR) is 80.8 cm³/mol. The summed E-state index contributed by atoms with van der Waals surface area (Å²) in [4.78, 5) is 14.3. The molecule has 0 aliphatic carbocycles. The van der Waals surface area contributed by atoms with Gasteiger partial charge in [-0.2, -0.15) is 0 Å². The fourth-order valence-electron chi connectivity index (χ4n) is 2.05.